The third kappa shape index (κ3) is 3.74. The van der Waals surface area contributed by atoms with Gasteiger partial charge in [0.15, 0.2) is 5.76 Å². The molecule has 0 atom stereocenters. The van der Waals surface area contributed by atoms with Gasteiger partial charge in [-0.05, 0) is 36.6 Å². The van der Waals surface area contributed by atoms with Crippen LogP contribution < -0.4 is 0 Å². The van der Waals surface area contributed by atoms with Gasteiger partial charge in [-0.15, -0.1) is 0 Å². The number of para-hydroxylation sites is 1. The number of nitrogens with one attached hydrogen (secondary N) is 1. The summed E-state index contributed by atoms with van der Waals surface area (Å²) >= 11 is 0. The number of aromatic nitrogens is 1. The zero-order valence-corrected chi connectivity index (χ0v) is 15.2. The van der Waals surface area contributed by atoms with Crippen LogP contribution >= 0.6 is 0 Å². The van der Waals surface area contributed by atoms with Crippen molar-refractivity contribution in [2.75, 3.05) is 26.2 Å². The first kappa shape index (κ1) is 17.4. The van der Waals surface area contributed by atoms with Crippen molar-refractivity contribution in [3.8, 4) is 0 Å². The number of carbonyl (C=O) groups excluding carboxylic acids is 2. The number of H-pyrrole nitrogens is 1. The Morgan fingerprint density at radius 3 is 2.56 bits per heavy atom. The Labute approximate surface area is 157 Å². The van der Waals surface area contributed by atoms with Crippen LogP contribution in [0.15, 0.2) is 53.3 Å². The molecular formula is C21H23N3O3. The van der Waals surface area contributed by atoms with Crippen molar-refractivity contribution in [1.82, 2.24) is 14.8 Å². The normalized spacial score (nSPS) is 14.7. The summed E-state index contributed by atoms with van der Waals surface area (Å²) in [5.41, 5.74) is 2.39. The molecule has 6 heteroatoms. The summed E-state index contributed by atoms with van der Waals surface area (Å²) in [7, 11) is 0. The van der Waals surface area contributed by atoms with Gasteiger partial charge in [0.2, 0.25) is 5.91 Å². The summed E-state index contributed by atoms with van der Waals surface area (Å²) in [5, 5.41) is 1.23. The smallest absolute Gasteiger partial charge is 0.289 e. The molecule has 0 saturated carbocycles. The molecule has 1 aliphatic heterocycles. The summed E-state index contributed by atoms with van der Waals surface area (Å²) in [5.74, 6) is 0.417. The van der Waals surface area contributed by atoms with Gasteiger partial charge in [0.1, 0.15) is 0 Å². The summed E-state index contributed by atoms with van der Waals surface area (Å²) in [4.78, 5) is 31.6. The number of fused-ring (bicyclic) bond motifs is 1. The van der Waals surface area contributed by atoms with Crippen molar-refractivity contribution >= 4 is 22.7 Å². The SMILES string of the molecule is O=C(CCCc1c[nH]c2ccccc12)N1CCN(C(=O)c2ccco2)CC1. The predicted octanol–water partition coefficient (Wildman–Crippen LogP) is 3.07. The monoisotopic (exact) mass is 365 g/mol. The lowest BCUT2D eigenvalue weighted by Gasteiger charge is -2.34. The molecule has 2 amide bonds. The van der Waals surface area contributed by atoms with E-state index in [1.54, 1.807) is 17.0 Å². The highest BCUT2D eigenvalue weighted by Crippen LogP contribution is 2.20. The number of benzene rings is 1. The lowest BCUT2D eigenvalue weighted by atomic mass is 10.1. The summed E-state index contributed by atoms with van der Waals surface area (Å²) in [6.07, 6.45) is 5.78. The first-order valence-electron chi connectivity index (χ1n) is 9.38. The number of hydrogen-bond acceptors (Lipinski definition) is 3. The molecule has 140 valence electrons. The molecule has 3 aromatic rings. The Morgan fingerprint density at radius 1 is 1.00 bits per heavy atom. The standard InChI is InChI=1S/C21H23N3O3/c25-20(9-3-5-16-15-22-18-7-2-1-6-17(16)18)23-10-12-24(13-11-23)21(26)19-8-4-14-27-19/h1-2,4,6-8,14-15,22H,3,5,9-13H2. The maximum atomic E-state index is 12.5. The zero-order valence-electron chi connectivity index (χ0n) is 15.2. The van der Waals surface area contributed by atoms with Gasteiger partial charge in [-0.3, -0.25) is 9.59 Å². The molecule has 1 fully saturated rings. The molecule has 0 unspecified atom stereocenters. The number of furan rings is 1. The van der Waals surface area contributed by atoms with E-state index in [2.05, 4.69) is 17.1 Å². The van der Waals surface area contributed by atoms with Crippen molar-refractivity contribution in [2.45, 2.75) is 19.3 Å². The van der Waals surface area contributed by atoms with Crippen LogP contribution in [-0.4, -0.2) is 52.8 Å². The minimum atomic E-state index is -0.105. The highest BCUT2D eigenvalue weighted by molar-refractivity contribution is 5.91. The first-order valence-corrected chi connectivity index (χ1v) is 9.38. The average molecular weight is 365 g/mol. The van der Waals surface area contributed by atoms with E-state index in [1.807, 2.05) is 23.2 Å². The van der Waals surface area contributed by atoms with Crippen LogP contribution in [0, 0.1) is 0 Å². The lowest BCUT2D eigenvalue weighted by molar-refractivity contribution is -0.132. The largest absolute Gasteiger partial charge is 0.459 e. The topological polar surface area (TPSA) is 69.6 Å². The maximum Gasteiger partial charge on any atom is 0.289 e. The van der Waals surface area contributed by atoms with Crippen molar-refractivity contribution in [3.05, 3.63) is 60.2 Å². The quantitative estimate of drug-likeness (QED) is 0.755. The molecule has 3 heterocycles. The van der Waals surface area contributed by atoms with Crippen LogP contribution in [0.4, 0.5) is 0 Å². The van der Waals surface area contributed by atoms with Crippen molar-refractivity contribution < 1.29 is 14.0 Å². The van der Waals surface area contributed by atoms with Gasteiger partial charge in [-0.1, -0.05) is 18.2 Å². The Morgan fingerprint density at radius 2 is 1.78 bits per heavy atom. The van der Waals surface area contributed by atoms with Crippen LogP contribution in [0.2, 0.25) is 0 Å². The number of aromatic amines is 1. The number of hydrogen-bond donors (Lipinski definition) is 1. The maximum absolute atomic E-state index is 12.5. The molecular weight excluding hydrogens is 342 g/mol. The molecule has 0 bridgehead atoms. The van der Waals surface area contributed by atoms with Gasteiger partial charge in [0.25, 0.3) is 5.91 Å². The second kappa shape index (κ2) is 7.70. The predicted molar refractivity (Wildman–Crippen MR) is 102 cm³/mol. The highest BCUT2D eigenvalue weighted by Gasteiger charge is 2.25. The molecule has 4 rings (SSSR count). The third-order valence-electron chi connectivity index (χ3n) is 5.16. The van der Waals surface area contributed by atoms with E-state index in [0.29, 0.717) is 38.4 Å². The van der Waals surface area contributed by atoms with E-state index in [4.69, 9.17) is 4.42 Å². The second-order valence-corrected chi connectivity index (χ2v) is 6.86. The number of amides is 2. The van der Waals surface area contributed by atoms with Gasteiger partial charge in [0, 0.05) is 49.7 Å². The van der Waals surface area contributed by atoms with E-state index >= 15 is 0 Å². The van der Waals surface area contributed by atoms with E-state index < -0.39 is 0 Å². The minimum absolute atomic E-state index is 0.105. The lowest BCUT2D eigenvalue weighted by Crippen LogP contribution is -2.50. The first-order chi connectivity index (χ1) is 13.2. The molecule has 6 nitrogen and oxygen atoms in total. The molecule has 1 aromatic carbocycles. The van der Waals surface area contributed by atoms with Crippen LogP contribution in [0.25, 0.3) is 10.9 Å². The Balaban J connectivity index is 1.24. The highest BCUT2D eigenvalue weighted by atomic mass is 16.3. The van der Waals surface area contributed by atoms with E-state index in [0.717, 1.165) is 18.4 Å². The van der Waals surface area contributed by atoms with Gasteiger partial charge in [-0.2, -0.15) is 0 Å². The van der Waals surface area contributed by atoms with E-state index in [9.17, 15) is 9.59 Å². The molecule has 27 heavy (non-hydrogen) atoms. The number of nitrogens with zero attached hydrogens (tertiary/aromatic N) is 2. The summed E-state index contributed by atoms with van der Waals surface area (Å²) < 4.78 is 5.17. The minimum Gasteiger partial charge on any atom is -0.459 e. The number of aryl methyl sites for hydroxylation is 1. The van der Waals surface area contributed by atoms with Gasteiger partial charge in [0.05, 0.1) is 6.26 Å². The molecule has 0 spiro atoms. The fraction of sp³-hybridized carbons (Fsp3) is 0.333. The molecule has 2 aromatic heterocycles. The van der Waals surface area contributed by atoms with Crippen LogP contribution in [0.1, 0.15) is 29.0 Å². The summed E-state index contributed by atoms with van der Waals surface area (Å²) in [6.45, 7) is 2.26. The van der Waals surface area contributed by atoms with Crippen LogP contribution in [0.3, 0.4) is 0 Å². The van der Waals surface area contributed by atoms with Crippen molar-refractivity contribution in [3.63, 3.8) is 0 Å². The van der Waals surface area contributed by atoms with Gasteiger partial charge >= 0.3 is 0 Å². The van der Waals surface area contributed by atoms with Gasteiger partial charge in [-0.25, -0.2) is 0 Å². The fourth-order valence-corrected chi connectivity index (χ4v) is 3.64. The van der Waals surface area contributed by atoms with Crippen molar-refractivity contribution in [1.29, 1.82) is 0 Å². The molecule has 1 N–H and O–H groups in total. The van der Waals surface area contributed by atoms with Crippen LogP contribution in [-0.2, 0) is 11.2 Å². The van der Waals surface area contributed by atoms with Gasteiger partial charge < -0.3 is 19.2 Å². The Kier molecular flexibility index (Phi) is 4.96. The molecule has 1 aliphatic rings. The third-order valence-corrected chi connectivity index (χ3v) is 5.16. The van der Waals surface area contributed by atoms with E-state index in [1.165, 1.54) is 17.2 Å². The number of carbonyl (C=O) groups is 2. The second-order valence-electron chi connectivity index (χ2n) is 6.86. The molecule has 0 radical (unpaired) electrons. The Hall–Kier alpha value is -3.02. The van der Waals surface area contributed by atoms with E-state index in [-0.39, 0.29) is 11.8 Å². The van der Waals surface area contributed by atoms with Crippen LogP contribution in [0.5, 0.6) is 0 Å². The average Bonchev–Trinajstić information content (AvgIpc) is 3.38. The molecule has 0 aliphatic carbocycles. The number of piperazine rings is 1. The Bertz CT molecular complexity index is 921. The van der Waals surface area contributed by atoms with Crippen molar-refractivity contribution in [2.24, 2.45) is 0 Å². The number of rotatable bonds is 5. The molecule has 1 saturated heterocycles. The zero-order chi connectivity index (χ0) is 18.6. The summed E-state index contributed by atoms with van der Waals surface area (Å²) in [6, 6.07) is 11.6. The fourth-order valence-electron chi connectivity index (χ4n) is 3.64.